The minimum atomic E-state index is 0.0588. The standard InChI is InChI=1S/C52H43N/c1-4-52(5-2)49-23-15-14-22-47(49)48-34-42-33-44(30-26-41(42)35-50(48)52)53(51-31-27-40(32-36(51)3)37-16-8-6-9-17-37)43-28-24-39(25-29-43)46-21-13-12-20-45(46)38-18-10-7-11-19-38/h6-35H,4-5H2,1-3H3. The van der Waals surface area contributed by atoms with Crippen LogP contribution < -0.4 is 4.90 Å². The molecule has 0 unspecified atom stereocenters. The zero-order valence-corrected chi connectivity index (χ0v) is 30.7. The van der Waals surface area contributed by atoms with Crippen LogP contribution in [0.25, 0.3) is 55.3 Å². The van der Waals surface area contributed by atoms with E-state index in [-0.39, 0.29) is 5.41 Å². The van der Waals surface area contributed by atoms with Crippen LogP contribution in [-0.4, -0.2) is 0 Å². The van der Waals surface area contributed by atoms with Crippen molar-refractivity contribution in [1.82, 2.24) is 0 Å². The largest absolute Gasteiger partial charge is 0.310 e. The quantitative estimate of drug-likeness (QED) is 0.154. The average Bonchev–Trinajstić information content (AvgIpc) is 3.50. The van der Waals surface area contributed by atoms with Gasteiger partial charge in [0.05, 0.1) is 0 Å². The smallest absolute Gasteiger partial charge is 0.0491 e. The van der Waals surface area contributed by atoms with Gasteiger partial charge < -0.3 is 4.90 Å². The molecule has 8 aromatic rings. The molecule has 1 aliphatic carbocycles. The Morgan fingerprint density at radius 2 is 0.962 bits per heavy atom. The third kappa shape index (κ3) is 5.56. The molecule has 0 saturated heterocycles. The number of aryl methyl sites for hydroxylation is 1. The Morgan fingerprint density at radius 1 is 0.396 bits per heavy atom. The maximum Gasteiger partial charge on any atom is 0.0491 e. The molecule has 0 radical (unpaired) electrons. The monoisotopic (exact) mass is 681 g/mol. The van der Waals surface area contributed by atoms with E-state index in [2.05, 4.69) is 208 Å². The van der Waals surface area contributed by atoms with Crippen LogP contribution in [0.2, 0.25) is 0 Å². The van der Waals surface area contributed by atoms with Crippen LogP contribution in [0.1, 0.15) is 43.4 Å². The molecule has 9 rings (SSSR count). The Balaban J connectivity index is 1.18. The molecule has 0 atom stereocenters. The van der Waals surface area contributed by atoms with E-state index < -0.39 is 0 Å². The van der Waals surface area contributed by atoms with Crippen LogP contribution in [-0.2, 0) is 5.41 Å². The van der Waals surface area contributed by atoms with Crippen molar-refractivity contribution in [2.75, 3.05) is 4.90 Å². The lowest BCUT2D eigenvalue weighted by atomic mass is 9.73. The summed E-state index contributed by atoms with van der Waals surface area (Å²) in [7, 11) is 0. The minimum Gasteiger partial charge on any atom is -0.310 e. The van der Waals surface area contributed by atoms with E-state index in [1.165, 1.54) is 77.7 Å². The number of nitrogens with zero attached hydrogens (tertiary/aromatic N) is 1. The molecule has 0 amide bonds. The van der Waals surface area contributed by atoms with Gasteiger partial charge in [0.15, 0.2) is 0 Å². The molecule has 0 bridgehead atoms. The normalized spacial score (nSPS) is 12.7. The highest BCUT2D eigenvalue weighted by atomic mass is 15.1. The summed E-state index contributed by atoms with van der Waals surface area (Å²) in [4.78, 5) is 2.43. The van der Waals surface area contributed by atoms with Gasteiger partial charge in [-0.25, -0.2) is 0 Å². The van der Waals surface area contributed by atoms with Crippen molar-refractivity contribution in [3.8, 4) is 44.5 Å². The summed E-state index contributed by atoms with van der Waals surface area (Å²) in [6.45, 7) is 6.92. The fourth-order valence-corrected chi connectivity index (χ4v) is 8.87. The summed E-state index contributed by atoms with van der Waals surface area (Å²) in [5.41, 5.74) is 17.8. The molecule has 1 heteroatoms. The summed E-state index contributed by atoms with van der Waals surface area (Å²) >= 11 is 0. The fourth-order valence-electron chi connectivity index (χ4n) is 8.87. The molecule has 0 saturated carbocycles. The number of fused-ring (bicyclic) bond motifs is 4. The fraction of sp³-hybridized carbons (Fsp3) is 0.115. The first-order valence-electron chi connectivity index (χ1n) is 19.0. The van der Waals surface area contributed by atoms with Gasteiger partial charge in [-0.15, -0.1) is 0 Å². The lowest BCUT2D eigenvalue weighted by Crippen LogP contribution is -2.22. The van der Waals surface area contributed by atoms with E-state index in [0.717, 1.165) is 24.2 Å². The Labute approximate surface area is 313 Å². The van der Waals surface area contributed by atoms with Crippen LogP contribution in [0.15, 0.2) is 182 Å². The minimum absolute atomic E-state index is 0.0588. The molecule has 0 heterocycles. The van der Waals surface area contributed by atoms with E-state index >= 15 is 0 Å². The number of benzene rings is 8. The van der Waals surface area contributed by atoms with Gasteiger partial charge in [0.25, 0.3) is 0 Å². The topological polar surface area (TPSA) is 3.24 Å². The molecule has 0 aromatic heterocycles. The van der Waals surface area contributed by atoms with E-state index in [0.29, 0.717) is 0 Å². The van der Waals surface area contributed by atoms with Gasteiger partial charge in [0.2, 0.25) is 0 Å². The summed E-state index contributed by atoms with van der Waals surface area (Å²) in [6.07, 6.45) is 2.18. The maximum atomic E-state index is 2.48. The molecule has 1 aliphatic rings. The summed E-state index contributed by atoms with van der Waals surface area (Å²) in [6, 6.07) is 67.0. The maximum absolute atomic E-state index is 2.48. The Kier molecular flexibility index (Phi) is 8.28. The SMILES string of the molecule is CCC1(CC)c2ccccc2-c2cc3cc(N(c4ccc(-c5ccccc5-c5ccccc5)cc4)c4ccc(-c5ccccc5)cc4C)ccc3cc21. The van der Waals surface area contributed by atoms with Crippen molar-refractivity contribution < 1.29 is 0 Å². The van der Waals surface area contributed by atoms with Gasteiger partial charge >= 0.3 is 0 Å². The summed E-state index contributed by atoms with van der Waals surface area (Å²) in [5.74, 6) is 0. The molecular weight excluding hydrogens is 639 g/mol. The molecule has 53 heavy (non-hydrogen) atoms. The highest BCUT2D eigenvalue weighted by molar-refractivity contribution is 5.97. The summed E-state index contributed by atoms with van der Waals surface area (Å²) in [5, 5.41) is 2.55. The van der Waals surface area contributed by atoms with E-state index in [9.17, 15) is 0 Å². The number of rotatable bonds is 8. The lowest BCUT2D eigenvalue weighted by Gasteiger charge is -2.30. The molecular formula is C52H43N. The first kappa shape index (κ1) is 32.7. The van der Waals surface area contributed by atoms with Crippen molar-refractivity contribution >= 4 is 27.8 Å². The van der Waals surface area contributed by atoms with Gasteiger partial charge in [-0.2, -0.15) is 0 Å². The predicted molar refractivity (Wildman–Crippen MR) is 226 cm³/mol. The molecule has 0 N–H and O–H groups in total. The van der Waals surface area contributed by atoms with Crippen LogP contribution in [0.5, 0.6) is 0 Å². The number of hydrogen-bond acceptors (Lipinski definition) is 1. The number of hydrogen-bond donors (Lipinski definition) is 0. The molecule has 0 aliphatic heterocycles. The van der Waals surface area contributed by atoms with E-state index in [4.69, 9.17) is 0 Å². The Morgan fingerprint density at radius 3 is 1.62 bits per heavy atom. The van der Waals surface area contributed by atoms with Gasteiger partial charge in [0.1, 0.15) is 0 Å². The second-order valence-electron chi connectivity index (χ2n) is 14.4. The molecule has 0 fully saturated rings. The van der Waals surface area contributed by atoms with E-state index in [1.54, 1.807) is 0 Å². The molecule has 256 valence electrons. The zero-order valence-electron chi connectivity index (χ0n) is 30.7. The molecule has 1 nitrogen and oxygen atoms in total. The Hall–Kier alpha value is -6.18. The third-order valence-electron chi connectivity index (χ3n) is 11.7. The van der Waals surface area contributed by atoms with E-state index in [1.807, 2.05) is 0 Å². The highest BCUT2D eigenvalue weighted by Gasteiger charge is 2.40. The van der Waals surface area contributed by atoms with Crippen molar-refractivity contribution in [1.29, 1.82) is 0 Å². The van der Waals surface area contributed by atoms with Crippen molar-refractivity contribution in [3.05, 3.63) is 199 Å². The number of anilines is 3. The van der Waals surface area contributed by atoms with Crippen molar-refractivity contribution in [2.45, 2.75) is 39.0 Å². The van der Waals surface area contributed by atoms with Crippen LogP contribution in [0.4, 0.5) is 17.1 Å². The van der Waals surface area contributed by atoms with Crippen molar-refractivity contribution in [2.24, 2.45) is 0 Å². The summed E-state index contributed by atoms with van der Waals surface area (Å²) < 4.78 is 0. The lowest BCUT2D eigenvalue weighted by molar-refractivity contribution is 0.491. The Bertz CT molecular complexity index is 2580. The van der Waals surface area contributed by atoms with Gasteiger partial charge in [-0.1, -0.05) is 147 Å². The zero-order chi connectivity index (χ0) is 35.9. The van der Waals surface area contributed by atoms with Crippen LogP contribution >= 0.6 is 0 Å². The van der Waals surface area contributed by atoms with Gasteiger partial charge in [0, 0.05) is 22.5 Å². The first-order chi connectivity index (χ1) is 26.1. The van der Waals surface area contributed by atoms with Gasteiger partial charge in [-0.3, -0.25) is 0 Å². The molecule has 8 aromatic carbocycles. The first-order valence-corrected chi connectivity index (χ1v) is 19.0. The second kappa shape index (κ2) is 13.4. The average molecular weight is 682 g/mol. The predicted octanol–water partition coefficient (Wildman–Crippen LogP) is 14.7. The second-order valence-corrected chi connectivity index (χ2v) is 14.4. The molecule has 0 spiro atoms. The third-order valence-corrected chi connectivity index (χ3v) is 11.7. The van der Waals surface area contributed by atoms with Crippen LogP contribution in [0, 0.1) is 6.92 Å². The van der Waals surface area contributed by atoms with Crippen molar-refractivity contribution in [3.63, 3.8) is 0 Å². The van der Waals surface area contributed by atoms with Crippen LogP contribution in [0.3, 0.4) is 0 Å². The van der Waals surface area contributed by atoms with Gasteiger partial charge in [-0.05, 0) is 140 Å². The highest BCUT2D eigenvalue weighted by Crippen LogP contribution is 2.54.